The zero-order valence-electron chi connectivity index (χ0n) is 7.46. The zero-order valence-corrected chi connectivity index (χ0v) is 7.46. The number of carboxylic acid groups (broad SMARTS) is 1. The first-order valence-electron chi connectivity index (χ1n) is 4.03. The Bertz CT molecular complexity index is 152. The summed E-state index contributed by atoms with van der Waals surface area (Å²) >= 11 is 0. The third-order valence-corrected chi connectivity index (χ3v) is 1.97. The number of alkyl halides is 1. The molecule has 0 aromatic rings. The Kier molecular flexibility index (Phi) is 4.81. The molecule has 4 heteroatoms. The van der Waals surface area contributed by atoms with Gasteiger partial charge in [-0.05, 0) is 12.3 Å². The molecule has 3 nitrogen and oxygen atoms in total. The Labute approximate surface area is 71.8 Å². The molecule has 0 rings (SSSR count). The van der Waals surface area contributed by atoms with E-state index in [1.807, 2.05) is 0 Å². The predicted molar refractivity (Wildman–Crippen MR) is 44.5 cm³/mol. The standard InChI is InChI=1S/C8H16FNO2/c1-5(4-9)3-7(10)6(2)8(11)12/h5-7H,3-4,10H2,1-2H3,(H,11,12)/t5-,6?,7-/m0/s1. The molecule has 1 unspecified atom stereocenters. The normalized spacial score (nSPS) is 18.3. The fraction of sp³-hybridized carbons (Fsp3) is 0.875. The van der Waals surface area contributed by atoms with Gasteiger partial charge in [0.15, 0.2) is 0 Å². The van der Waals surface area contributed by atoms with Gasteiger partial charge >= 0.3 is 5.97 Å². The van der Waals surface area contributed by atoms with E-state index in [2.05, 4.69) is 0 Å². The lowest BCUT2D eigenvalue weighted by atomic mass is 9.94. The van der Waals surface area contributed by atoms with Crippen LogP contribution in [0.2, 0.25) is 0 Å². The van der Waals surface area contributed by atoms with Crippen molar-refractivity contribution in [2.24, 2.45) is 17.6 Å². The molecule has 0 amide bonds. The molecule has 0 saturated heterocycles. The van der Waals surface area contributed by atoms with Crippen LogP contribution in [0.3, 0.4) is 0 Å². The average Bonchev–Trinajstić information content (AvgIpc) is 2.02. The third kappa shape index (κ3) is 3.67. The second-order valence-electron chi connectivity index (χ2n) is 3.29. The summed E-state index contributed by atoms with van der Waals surface area (Å²) in [5, 5.41) is 8.56. The Morgan fingerprint density at radius 3 is 2.42 bits per heavy atom. The lowest BCUT2D eigenvalue weighted by Crippen LogP contribution is -2.35. The van der Waals surface area contributed by atoms with Crippen LogP contribution in [0.1, 0.15) is 20.3 Å². The van der Waals surface area contributed by atoms with Crippen LogP contribution in [-0.2, 0) is 4.79 Å². The highest BCUT2D eigenvalue weighted by Gasteiger charge is 2.21. The SMILES string of the molecule is CC(C(=O)O)[C@@H](N)C[C@H](C)CF. The van der Waals surface area contributed by atoms with E-state index in [4.69, 9.17) is 10.8 Å². The van der Waals surface area contributed by atoms with Crippen molar-refractivity contribution in [2.45, 2.75) is 26.3 Å². The van der Waals surface area contributed by atoms with Crippen LogP contribution in [0.25, 0.3) is 0 Å². The molecule has 0 saturated carbocycles. The highest BCUT2D eigenvalue weighted by atomic mass is 19.1. The molecule has 0 aliphatic rings. The summed E-state index contributed by atoms with van der Waals surface area (Å²) < 4.78 is 12.0. The minimum Gasteiger partial charge on any atom is -0.481 e. The van der Waals surface area contributed by atoms with Crippen molar-refractivity contribution in [3.05, 3.63) is 0 Å². The Balaban J connectivity index is 3.86. The lowest BCUT2D eigenvalue weighted by Gasteiger charge is -2.18. The fourth-order valence-corrected chi connectivity index (χ4v) is 0.915. The van der Waals surface area contributed by atoms with E-state index >= 15 is 0 Å². The van der Waals surface area contributed by atoms with Crippen LogP contribution >= 0.6 is 0 Å². The topological polar surface area (TPSA) is 63.3 Å². The highest BCUT2D eigenvalue weighted by molar-refractivity contribution is 5.70. The number of hydrogen-bond donors (Lipinski definition) is 2. The van der Waals surface area contributed by atoms with Gasteiger partial charge in [-0.25, -0.2) is 0 Å². The van der Waals surface area contributed by atoms with Crippen molar-refractivity contribution >= 4 is 5.97 Å². The molecular weight excluding hydrogens is 161 g/mol. The van der Waals surface area contributed by atoms with Crippen LogP contribution in [-0.4, -0.2) is 23.8 Å². The molecule has 0 aromatic carbocycles. The van der Waals surface area contributed by atoms with Crippen molar-refractivity contribution in [2.75, 3.05) is 6.67 Å². The monoisotopic (exact) mass is 177 g/mol. The fourth-order valence-electron chi connectivity index (χ4n) is 0.915. The number of halogens is 1. The van der Waals surface area contributed by atoms with Gasteiger partial charge in [-0.1, -0.05) is 13.8 Å². The molecule has 0 bridgehead atoms. The predicted octanol–water partition coefficient (Wildman–Crippen LogP) is 1.03. The van der Waals surface area contributed by atoms with Gasteiger partial charge in [-0.2, -0.15) is 0 Å². The van der Waals surface area contributed by atoms with Gasteiger partial charge < -0.3 is 10.8 Å². The molecule has 0 heterocycles. The number of aliphatic carboxylic acids is 1. The Morgan fingerprint density at radius 1 is 1.58 bits per heavy atom. The summed E-state index contributed by atoms with van der Waals surface area (Å²) in [5.74, 6) is -1.67. The first-order valence-corrected chi connectivity index (χ1v) is 4.03. The maximum atomic E-state index is 12.0. The number of carbonyl (C=O) groups is 1. The maximum absolute atomic E-state index is 12.0. The van der Waals surface area contributed by atoms with Crippen molar-refractivity contribution in [1.29, 1.82) is 0 Å². The van der Waals surface area contributed by atoms with Gasteiger partial charge in [0.05, 0.1) is 12.6 Å². The van der Waals surface area contributed by atoms with E-state index < -0.39 is 24.6 Å². The van der Waals surface area contributed by atoms with Crippen molar-refractivity contribution < 1.29 is 14.3 Å². The molecule has 72 valence electrons. The Hall–Kier alpha value is -0.640. The summed E-state index contributed by atoms with van der Waals surface area (Å²) in [7, 11) is 0. The summed E-state index contributed by atoms with van der Waals surface area (Å²) in [6.07, 6.45) is 0.421. The molecule has 3 atom stereocenters. The first kappa shape index (κ1) is 11.4. The molecule has 0 spiro atoms. The highest BCUT2D eigenvalue weighted by Crippen LogP contribution is 2.11. The van der Waals surface area contributed by atoms with E-state index in [9.17, 15) is 9.18 Å². The van der Waals surface area contributed by atoms with E-state index in [1.54, 1.807) is 6.92 Å². The number of rotatable bonds is 5. The van der Waals surface area contributed by atoms with Crippen LogP contribution in [0, 0.1) is 11.8 Å². The number of hydrogen-bond acceptors (Lipinski definition) is 2. The third-order valence-electron chi connectivity index (χ3n) is 1.97. The van der Waals surface area contributed by atoms with Gasteiger partial charge in [0.2, 0.25) is 0 Å². The molecule has 0 aromatic heterocycles. The van der Waals surface area contributed by atoms with Gasteiger partial charge in [-0.3, -0.25) is 9.18 Å². The van der Waals surface area contributed by atoms with Crippen molar-refractivity contribution in [3.8, 4) is 0 Å². The van der Waals surface area contributed by atoms with Gasteiger partial charge in [-0.15, -0.1) is 0 Å². The largest absolute Gasteiger partial charge is 0.481 e. The van der Waals surface area contributed by atoms with Crippen LogP contribution < -0.4 is 5.73 Å². The molecule has 0 radical (unpaired) electrons. The van der Waals surface area contributed by atoms with Gasteiger partial charge in [0.1, 0.15) is 0 Å². The lowest BCUT2D eigenvalue weighted by molar-refractivity contribution is -0.141. The number of carboxylic acids is 1. The molecule has 0 aliphatic carbocycles. The minimum atomic E-state index is -0.923. The van der Waals surface area contributed by atoms with Crippen LogP contribution in [0.15, 0.2) is 0 Å². The summed E-state index contributed by atoms with van der Waals surface area (Å²) in [6.45, 7) is 2.81. The second-order valence-corrected chi connectivity index (χ2v) is 3.29. The maximum Gasteiger partial charge on any atom is 0.307 e. The molecule has 3 N–H and O–H groups in total. The van der Waals surface area contributed by atoms with E-state index in [0.717, 1.165) is 0 Å². The van der Waals surface area contributed by atoms with Gasteiger partial charge in [0, 0.05) is 6.04 Å². The van der Waals surface area contributed by atoms with E-state index in [1.165, 1.54) is 6.92 Å². The Morgan fingerprint density at radius 2 is 2.08 bits per heavy atom. The molecule has 12 heavy (non-hydrogen) atoms. The van der Waals surface area contributed by atoms with Crippen molar-refractivity contribution in [1.82, 2.24) is 0 Å². The van der Waals surface area contributed by atoms with Crippen LogP contribution in [0.5, 0.6) is 0 Å². The first-order chi connectivity index (χ1) is 5.49. The molecule has 0 fully saturated rings. The quantitative estimate of drug-likeness (QED) is 0.659. The minimum absolute atomic E-state index is 0.151. The van der Waals surface area contributed by atoms with Gasteiger partial charge in [0.25, 0.3) is 0 Å². The smallest absolute Gasteiger partial charge is 0.307 e. The van der Waals surface area contributed by atoms with Crippen molar-refractivity contribution in [3.63, 3.8) is 0 Å². The number of nitrogens with two attached hydrogens (primary N) is 1. The summed E-state index contributed by atoms with van der Waals surface area (Å²) in [5.41, 5.74) is 5.55. The average molecular weight is 177 g/mol. The zero-order chi connectivity index (χ0) is 9.72. The second kappa shape index (κ2) is 5.09. The summed E-state index contributed by atoms with van der Waals surface area (Å²) in [4.78, 5) is 10.4. The molecule has 0 aliphatic heterocycles. The van der Waals surface area contributed by atoms with Crippen LogP contribution in [0.4, 0.5) is 4.39 Å². The van der Waals surface area contributed by atoms with E-state index in [0.29, 0.717) is 6.42 Å². The summed E-state index contributed by atoms with van der Waals surface area (Å²) in [6, 6.07) is -0.451. The molecular formula is C8H16FNO2. The van der Waals surface area contributed by atoms with E-state index in [-0.39, 0.29) is 5.92 Å².